The Labute approximate surface area is 217 Å². The molecule has 0 bridgehead atoms. The predicted octanol–water partition coefficient (Wildman–Crippen LogP) is 5.62. The van der Waals surface area contributed by atoms with Crippen LogP contribution in [0.3, 0.4) is 0 Å². The molecule has 5 rings (SSSR count). The molecule has 1 amide bonds. The first-order chi connectivity index (χ1) is 17.2. The van der Waals surface area contributed by atoms with E-state index in [1.54, 1.807) is 23.3 Å². The molecule has 1 aliphatic rings. The number of aromatic nitrogens is 1. The van der Waals surface area contributed by atoms with Crippen LogP contribution in [-0.4, -0.2) is 36.7 Å². The number of furan rings is 1. The van der Waals surface area contributed by atoms with E-state index in [0.717, 1.165) is 27.9 Å². The summed E-state index contributed by atoms with van der Waals surface area (Å²) in [7, 11) is -3.76. The van der Waals surface area contributed by atoms with Gasteiger partial charge in [0.2, 0.25) is 15.9 Å². The molecule has 1 aliphatic heterocycles. The number of thiazole rings is 1. The maximum atomic E-state index is 13.7. The highest BCUT2D eigenvalue weighted by Gasteiger charge is 2.35. The Hall–Kier alpha value is -2.79. The number of carbonyl (C=O) groups is 1. The van der Waals surface area contributed by atoms with Crippen molar-refractivity contribution < 1.29 is 22.0 Å². The molecule has 2 aromatic heterocycles. The van der Waals surface area contributed by atoms with Gasteiger partial charge in [0, 0.05) is 24.0 Å². The van der Waals surface area contributed by atoms with Crippen molar-refractivity contribution in [1.29, 1.82) is 0 Å². The largest absolute Gasteiger partial charge is 0.467 e. The molecule has 36 heavy (non-hydrogen) atoms. The second-order valence-corrected chi connectivity index (χ2v) is 12.0. The van der Waals surface area contributed by atoms with Crippen molar-refractivity contribution in [2.24, 2.45) is 5.92 Å². The van der Waals surface area contributed by atoms with E-state index in [-0.39, 0.29) is 36.4 Å². The molecule has 11 heteroatoms. The number of hydrogen-bond donors (Lipinski definition) is 0. The monoisotopic (exact) mass is 547 g/mol. The van der Waals surface area contributed by atoms with Crippen LogP contribution in [0.2, 0.25) is 5.02 Å². The molecule has 1 saturated heterocycles. The molecule has 1 fully saturated rings. The molecule has 0 unspecified atom stereocenters. The summed E-state index contributed by atoms with van der Waals surface area (Å²) in [5.74, 6) is -0.389. The van der Waals surface area contributed by atoms with Crippen LogP contribution in [0.25, 0.3) is 10.2 Å². The average Bonchev–Trinajstić information content (AvgIpc) is 3.55. The molecule has 4 aromatic rings. The van der Waals surface area contributed by atoms with Gasteiger partial charge < -0.3 is 4.42 Å². The first-order valence-electron chi connectivity index (χ1n) is 11.4. The zero-order chi connectivity index (χ0) is 25.4. The lowest BCUT2D eigenvalue weighted by Crippen LogP contribution is -2.44. The smallest absolute Gasteiger partial charge is 0.243 e. The van der Waals surface area contributed by atoms with Crippen LogP contribution in [0.5, 0.6) is 0 Å². The molecule has 0 aliphatic carbocycles. The van der Waals surface area contributed by atoms with Crippen LogP contribution < -0.4 is 4.90 Å². The third-order valence-electron chi connectivity index (χ3n) is 6.38. The van der Waals surface area contributed by atoms with Gasteiger partial charge in [0.05, 0.1) is 27.9 Å². The summed E-state index contributed by atoms with van der Waals surface area (Å²) in [5, 5.41) is 1.15. The van der Waals surface area contributed by atoms with E-state index >= 15 is 0 Å². The average molecular weight is 548 g/mol. The topological polar surface area (TPSA) is 83.7 Å². The Morgan fingerprint density at radius 3 is 2.58 bits per heavy atom. The number of aryl methyl sites for hydroxylation is 1. The van der Waals surface area contributed by atoms with E-state index in [9.17, 15) is 17.6 Å². The Balaban J connectivity index is 1.37. The van der Waals surface area contributed by atoms with Gasteiger partial charge in [-0.15, -0.1) is 0 Å². The number of hydrogen-bond acceptors (Lipinski definition) is 6. The molecule has 3 heterocycles. The van der Waals surface area contributed by atoms with Gasteiger partial charge in [0.25, 0.3) is 0 Å². The van der Waals surface area contributed by atoms with E-state index < -0.39 is 15.8 Å². The van der Waals surface area contributed by atoms with Gasteiger partial charge in [-0.05, 0) is 73.9 Å². The number of nitrogens with zero attached hydrogens (tertiary/aromatic N) is 3. The minimum absolute atomic E-state index is 0.0385. The molecule has 0 radical (unpaired) electrons. The summed E-state index contributed by atoms with van der Waals surface area (Å²) >= 11 is 7.68. The molecule has 0 saturated carbocycles. The predicted molar refractivity (Wildman–Crippen MR) is 137 cm³/mol. The number of piperidine rings is 1. The second kappa shape index (κ2) is 9.93. The SMILES string of the molecule is Cc1c(Cl)ccc2sc(N(Cc3ccco3)C(=O)C3CCN(S(=O)(=O)c4ccc(F)cc4)CC3)nc12. The van der Waals surface area contributed by atoms with E-state index in [1.807, 2.05) is 19.1 Å². The highest BCUT2D eigenvalue weighted by Crippen LogP contribution is 2.36. The standard InChI is InChI=1S/C25H23ClFN3O4S2/c1-16-21(26)8-9-22-23(16)28-25(35-22)30(15-19-3-2-14-34-19)24(31)17-10-12-29(13-11-17)36(32,33)20-6-4-18(27)5-7-20/h2-9,14,17H,10-13,15H2,1H3. The minimum Gasteiger partial charge on any atom is -0.467 e. The molecular weight excluding hydrogens is 525 g/mol. The molecule has 188 valence electrons. The number of amides is 1. The maximum absolute atomic E-state index is 13.7. The van der Waals surface area contributed by atoms with Gasteiger partial charge in [0.1, 0.15) is 11.6 Å². The summed E-state index contributed by atoms with van der Waals surface area (Å²) < 4.78 is 47.0. The lowest BCUT2D eigenvalue weighted by molar-refractivity contribution is -0.123. The van der Waals surface area contributed by atoms with Crippen LogP contribution in [-0.2, 0) is 21.4 Å². The van der Waals surface area contributed by atoms with Crippen LogP contribution in [0, 0.1) is 18.7 Å². The van der Waals surface area contributed by atoms with Gasteiger partial charge in [-0.3, -0.25) is 9.69 Å². The Kier molecular flexibility index (Phi) is 6.86. The third-order valence-corrected chi connectivity index (χ3v) is 9.75. The van der Waals surface area contributed by atoms with Crippen LogP contribution in [0.15, 0.2) is 64.1 Å². The zero-order valence-corrected chi connectivity index (χ0v) is 21.7. The molecule has 0 atom stereocenters. The van der Waals surface area contributed by atoms with Gasteiger partial charge in [0.15, 0.2) is 5.13 Å². The van der Waals surface area contributed by atoms with Crippen molar-refractivity contribution in [2.45, 2.75) is 31.2 Å². The molecule has 0 N–H and O–H groups in total. The molecular formula is C25H23ClFN3O4S2. The van der Waals surface area contributed by atoms with Gasteiger partial charge in [-0.1, -0.05) is 22.9 Å². The first kappa shape index (κ1) is 24.9. The minimum atomic E-state index is -3.76. The number of fused-ring (bicyclic) bond motifs is 1. The number of rotatable bonds is 6. The summed E-state index contributed by atoms with van der Waals surface area (Å²) in [5.41, 5.74) is 1.60. The first-order valence-corrected chi connectivity index (χ1v) is 14.0. The highest BCUT2D eigenvalue weighted by atomic mass is 35.5. The Morgan fingerprint density at radius 2 is 1.92 bits per heavy atom. The van der Waals surface area contributed by atoms with Crippen molar-refractivity contribution in [3.8, 4) is 0 Å². The van der Waals surface area contributed by atoms with Crippen LogP contribution in [0.1, 0.15) is 24.2 Å². The fraction of sp³-hybridized carbons (Fsp3) is 0.280. The number of carbonyl (C=O) groups excluding carboxylic acids is 1. The highest BCUT2D eigenvalue weighted by molar-refractivity contribution is 7.89. The number of sulfonamides is 1. The summed E-state index contributed by atoms with van der Waals surface area (Å²) in [6.45, 7) is 2.50. The number of benzene rings is 2. The van der Waals surface area contributed by atoms with Gasteiger partial charge in [-0.2, -0.15) is 4.31 Å². The van der Waals surface area contributed by atoms with Crippen molar-refractivity contribution in [3.63, 3.8) is 0 Å². The third kappa shape index (κ3) is 4.78. The van der Waals surface area contributed by atoms with Crippen molar-refractivity contribution >= 4 is 54.2 Å². The zero-order valence-electron chi connectivity index (χ0n) is 19.4. The number of halogens is 2. The Bertz CT molecular complexity index is 1500. The molecule has 2 aromatic carbocycles. The molecule has 7 nitrogen and oxygen atoms in total. The molecule has 0 spiro atoms. The van der Waals surface area contributed by atoms with E-state index in [1.165, 1.54) is 27.8 Å². The van der Waals surface area contributed by atoms with Gasteiger partial charge in [-0.25, -0.2) is 17.8 Å². The van der Waals surface area contributed by atoms with Crippen molar-refractivity contribution in [3.05, 3.63) is 77.0 Å². The fourth-order valence-electron chi connectivity index (χ4n) is 4.32. The fourth-order valence-corrected chi connectivity index (χ4v) is 6.97. The Morgan fingerprint density at radius 1 is 1.19 bits per heavy atom. The summed E-state index contributed by atoms with van der Waals surface area (Å²) in [4.78, 5) is 20.1. The van der Waals surface area contributed by atoms with Crippen LogP contribution in [0.4, 0.5) is 9.52 Å². The lowest BCUT2D eigenvalue weighted by Gasteiger charge is -2.32. The lowest BCUT2D eigenvalue weighted by atomic mass is 9.96. The summed E-state index contributed by atoms with van der Waals surface area (Å²) in [6, 6.07) is 12.0. The second-order valence-electron chi connectivity index (χ2n) is 8.65. The van der Waals surface area contributed by atoms with Gasteiger partial charge >= 0.3 is 0 Å². The quantitative estimate of drug-likeness (QED) is 0.313. The van der Waals surface area contributed by atoms with E-state index in [4.69, 9.17) is 21.0 Å². The number of anilines is 1. The normalized spacial score (nSPS) is 15.4. The van der Waals surface area contributed by atoms with Crippen LogP contribution >= 0.6 is 22.9 Å². The summed E-state index contributed by atoms with van der Waals surface area (Å²) in [6.07, 6.45) is 2.28. The maximum Gasteiger partial charge on any atom is 0.243 e. The van der Waals surface area contributed by atoms with Crippen molar-refractivity contribution in [2.75, 3.05) is 18.0 Å². The van der Waals surface area contributed by atoms with Crippen molar-refractivity contribution in [1.82, 2.24) is 9.29 Å². The van der Waals surface area contributed by atoms with E-state index in [0.29, 0.717) is 28.8 Å². The van der Waals surface area contributed by atoms with E-state index in [2.05, 4.69) is 0 Å².